The molecular formula is C23H23ClFN3O2. The zero-order valence-electron chi connectivity index (χ0n) is 16.5. The van der Waals surface area contributed by atoms with Gasteiger partial charge >= 0.3 is 6.03 Å². The van der Waals surface area contributed by atoms with Crippen molar-refractivity contribution in [1.82, 2.24) is 9.80 Å². The van der Waals surface area contributed by atoms with E-state index in [1.165, 1.54) is 12.1 Å². The highest BCUT2D eigenvalue weighted by molar-refractivity contribution is 6.30. The van der Waals surface area contributed by atoms with Crippen LogP contribution in [0.4, 0.5) is 14.9 Å². The van der Waals surface area contributed by atoms with Crippen LogP contribution in [0.3, 0.4) is 0 Å². The molecule has 3 aliphatic rings. The van der Waals surface area contributed by atoms with Crippen molar-refractivity contribution >= 4 is 29.2 Å². The monoisotopic (exact) mass is 427 g/mol. The van der Waals surface area contributed by atoms with E-state index in [0.717, 1.165) is 18.4 Å². The van der Waals surface area contributed by atoms with E-state index in [1.54, 1.807) is 17.0 Å². The number of hydrogen-bond donors (Lipinski definition) is 1. The molecule has 5 nitrogen and oxygen atoms in total. The average Bonchev–Trinajstić information content (AvgIpc) is 3.57. The second kappa shape index (κ2) is 7.27. The van der Waals surface area contributed by atoms with Crippen LogP contribution in [-0.2, 0) is 4.79 Å². The van der Waals surface area contributed by atoms with E-state index < -0.39 is 11.2 Å². The lowest BCUT2D eigenvalue weighted by atomic mass is 9.62. The number of halogens is 2. The van der Waals surface area contributed by atoms with E-state index >= 15 is 0 Å². The number of piperidine rings is 1. The second-order valence-electron chi connectivity index (χ2n) is 8.48. The van der Waals surface area contributed by atoms with Crippen LogP contribution in [0.1, 0.15) is 37.3 Å². The number of anilines is 1. The summed E-state index contributed by atoms with van der Waals surface area (Å²) in [7, 11) is 0. The molecule has 5 rings (SSSR count). The zero-order valence-corrected chi connectivity index (χ0v) is 17.2. The van der Waals surface area contributed by atoms with E-state index in [-0.39, 0.29) is 18.0 Å². The minimum Gasteiger partial charge on any atom is -0.331 e. The highest BCUT2D eigenvalue weighted by Gasteiger charge is 2.64. The van der Waals surface area contributed by atoms with Crippen molar-refractivity contribution in [3.05, 3.63) is 64.9 Å². The van der Waals surface area contributed by atoms with Crippen LogP contribution in [0.25, 0.3) is 0 Å². The molecule has 3 amide bonds. The van der Waals surface area contributed by atoms with Crippen LogP contribution in [0.15, 0.2) is 48.5 Å². The van der Waals surface area contributed by atoms with E-state index in [1.807, 2.05) is 29.2 Å². The minimum atomic E-state index is -0.452. The normalized spacial score (nSPS) is 22.7. The molecule has 1 atom stereocenters. The van der Waals surface area contributed by atoms with Crippen molar-refractivity contribution in [3.63, 3.8) is 0 Å². The number of carbonyl (C=O) groups excluding carboxylic acids is 2. The molecule has 3 fully saturated rings. The number of likely N-dealkylation sites (tertiary alicyclic amines) is 2. The molecule has 0 aromatic heterocycles. The number of nitrogens with zero attached hydrogens (tertiary/aromatic N) is 2. The lowest BCUT2D eigenvalue weighted by molar-refractivity contribution is -0.181. The predicted molar refractivity (Wildman–Crippen MR) is 113 cm³/mol. The summed E-state index contributed by atoms with van der Waals surface area (Å²) >= 11 is 6.07. The SMILES string of the molecule is O=C(Nc1cccc(F)c1)N1CCC2(CC1)C(=O)N(C1CC1)C2c1ccc(Cl)cc1. The van der Waals surface area contributed by atoms with Crippen LogP contribution in [0, 0.1) is 11.2 Å². The van der Waals surface area contributed by atoms with Gasteiger partial charge < -0.3 is 15.1 Å². The lowest BCUT2D eigenvalue weighted by Gasteiger charge is -2.59. The van der Waals surface area contributed by atoms with Crippen LogP contribution in [0.2, 0.25) is 5.02 Å². The highest BCUT2D eigenvalue weighted by Crippen LogP contribution is 2.59. The fourth-order valence-corrected chi connectivity index (χ4v) is 5.04. The number of urea groups is 1. The minimum absolute atomic E-state index is 0.0446. The van der Waals surface area contributed by atoms with Gasteiger partial charge in [0.25, 0.3) is 0 Å². The van der Waals surface area contributed by atoms with Crippen LogP contribution >= 0.6 is 11.6 Å². The molecule has 2 aliphatic heterocycles. The molecule has 0 radical (unpaired) electrons. The Morgan fingerprint density at radius 2 is 1.80 bits per heavy atom. The number of amides is 3. The number of benzene rings is 2. The van der Waals surface area contributed by atoms with Crippen molar-refractivity contribution in [2.45, 2.75) is 37.8 Å². The van der Waals surface area contributed by atoms with Crippen molar-refractivity contribution < 1.29 is 14.0 Å². The summed E-state index contributed by atoms with van der Waals surface area (Å²) in [4.78, 5) is 29.6. The predicted octanol–water partition coefficient (Wildman–Crippen LogP) is 4.84. The summed E-state index contributed by atoms with van der Waals surface area (Å²) in [5.41, 5.74) is 1.09. The molecule has 2 aromatic rings. The molecule has 1 spiro atoms. The number of rotatable bonds is 3. The Morgan fingerprint density at radius 3 is 2.43 bits per heavy atom. The number of β-lactam (4-membered cyclic amide) rings is 1. The smallest absolute Gasteiger partial charge is 0.321 e. The quantitative estimate of drug-likeness (QED) is 0.712. The third kappa shape index (κ3) is 3.23. The van der Waals surface area contributed by atoms with Crippen LogP contribution < -0.4 is 5.32 Å². The van der Waals surface area contributed by atoms with Crippen molar-refractivity contribution in [3.8, 4) is 0 Å². The van der Waals surface area contributed by atoms with Gasteiger partial charge in [0, 0.05) is 29.8 Å². The Morgan fingerprint density at radius 1 is 1.10 bits per heavy atom. The maximum absolute atomic E-state index is 13.4. The molecule has 1 unspecified atom stereocenters. The van der Waals surface area contributed by atoms with Gasteiger partial charge in [-0.15, -0.1) is 0 Å². The number of nitrogens with one attached hydrogen (secondary N) is 1. The Labute approximate surface area is 179 Å². The lowest BCUT2D eigenvalue weighted by Crippen LogP contribution is -2.67. The molecule has 30 heavy (non-hydrogen) atoms. The summed E-state index contributed by atoms with van der Waals surface area (Å²) in [5, 5.41) is 3.43. The molecule has 1 saturated carbocycles. The number of hydrogen-bond acceptors (Lipinski definition) is 2. The highest BCUT2D eigenvalue weighted by atomic mass is 35.5. The Kier molecular flexibility index (Phi) is 4.69. The van der Waals surface area contributed by atoms with Crippen LogP contribution in [0.5, 0.6) is 0 Å². The molecule has 0 bridgehead atoms. The number of carbonyl (C=O) groups is 2. The Balaban J connectivity index is 1.31. The molecule has 156 valence electrons. The standard InChI is InChI=1S/C23H23ClFN3O2/c24-16-6-4-15(5-7-16)20-23(21(29)28(20)19-8-9-19)10-12-27(13-11-23)22(30)26-18-3-1-2-17(25)14-18/h1-7,14,19-20H,8-13H2,(H,26,30). The van der Waals surface area contributed by atoms with Crippen molar-refractivity contribution in [2.75, 3.05) is 18.4 Å². The first-order valence-electron chi connectivity index (χ1n) is 10.4. The largest absolute Gasteiger partial charge is 0.331 e. The maximum Gasteiger partial charge on any atom is 0.321 e. The van der Waals surface area contributed by atoms with Gasteiger partial charge in [-0.25, -0.2) is 9.18 Å². The maximum atomic E-state index is 13.4. The first-order valence-corrected chi connectivity index (χ1v) is 10.8. The summed E-state index contributed by atoms with van der Waals surface area (Å²) in [6.07, 6.45) is 3.37. The van der Waals surface area contributed by atoms with E-state index in [2.05, 4.69) is 5.32 Å². The third-order valence-corrected chi connectivity index (χ3v) is 6.86. The molecule has 1 aliphatic carbocycles. The summed E-state index contributed by atoms with van der Waals surface area (Å²) in [6.45, 7) is 0.991. The molecule has 2 saturated heterocycles. The van der Waals surface area contributed by atoms with Gasteiger partial charge in [-0.05, 0) is 61.6 Å². The van der Waals surface area contributed by atoms with Crippen LogP contribution in [-0.4, -0.2) is 40.9 Å². The van der Waals surface area contributed by atoms with Gasteiger partial charge in [0.05, 0.1) is 11.5 Å². The van der Waals surface area contributed by atoms with Crippen molar-refractivity contribution in [2.24, 2.45) is 5.41 Å². The third-order valence-electron chi connectivity index (χ3n) is 6.61. The molecule has 7 heteroatoms. The van der Waals surface area contributed by atoms with Gasteiger partial charge in [0.15, 0.2) is 0 Å². The summed E-state index contributed by atoms with van der Waals surface area (Å²) < 4.78 is 13.4. The summed E-state index contributed by atoms with van der Waals surface area (Å²) in [5.74, 6) is -0.174. The first-order chi connectivity index (χ1) is 14.5. The van der Waals surface area contributed by atoms with Gasteiger partial charge in [0.1, 0.15) is 5.82 Å². The van der Waals surface area contributed by atoms with Gasteiger partial charge in [-0.2, -0.15) is 0 Å². The van der Waals surface area contributed by atoms with Gasteiger partial charge in [-0.1, -0.05) is 29.8 Å². The van der Waals surface area contributed by atoms with E-state index in [4.69, 9.17) is 11.6 Å². The molecule has 1 N–H and O–H groups in total. The van der Waals surface area contributed by atoms with Crippen molar-refractivity contribution in [1.29, 1.82) is 0 Å². The molecule has 2 aromatic carbocycles. The molecular weight excluding hydrogens is 405 g/mol. The second-order valence-corrected chi connectivity index (χ2v) is 8.92. The fourth-order valence-electron chi connectivity index (χ4n) is 4.91. The van der Waals surface area contributed by atoms with Gasteiger partial charge in [0.2, 0.25) is 5.91 Å². The summed E-state index contributed by atoms with van der Waals surface area (Å²) in [6, 6.07) is 13.8. The fraction of sp³-hybridized carbons (Fsp3) is 0.391. The molecule has 2 heterocycles. The topological polar surface area (TPSA) is 52.7 Å². The Hall–Kier alpha value is -2.60. The zero-order chi connectivity index (χ0) is 20.9. The van der Waals surface area contributed by atoms with Gasteiger partial charge in [-0.3, -0.25) is 4.79 Å². The Bertz CT molecular complexity index is 984. The van der Waals surface area contributed by atoms with E-state index in [9.17, 15) is 14.0 Å². The van der Waals surface area contributed by atoms with E-state index in [0.29, 0.717) is 42.7 Å². The first kappa shape index (κ1) is 19.4. The average molecular weight is 428 g/mol.